The van der Waals surface area contributed by atoms with Gasteiger partial charge in [0.05, 0.1) is 17.9 Å². The number of nitrogens with zero attached hydrogens (tertiary/aromatic N) is 2. The maximum atomic E-state index is 12.7. The van der Waals surface area contributed by atoms with Crippen molar-refractivity contribution in [3.63, 3.8) is 0 Å². The highest BCUT2D eigenvalue weighted by Gasteiger charge is 2.24. The Kier molecular flexibility index (Phi) is 5.58. The molecule has 0 atom stereocenters. The molecule has 1 fully saturated rings. The van der Waals surface area contributed by atoms with Crippen LogP contribution in [0.1, 0.15) is 67.6 Å². The molecule has 0 spiro atoms. The van der Waals surface area contributed by atoms with Gasteiger partial charge in [0.25, 0.3) is 5.56 Å². The smallest absolute Gasteiger partial charge is 0.255 e. The van der Waals surface area contributed by atoms with Crippen molar-refractivity contribution < 1.29 is 4.74 Å². The van der Waals surface area contributed by atoms with Gasteiger partial charge < -0.3 is 9.72 Å². The number of fused-ring (bicyclic) bond motifs is 1. The molecule has 2 aromatic rings. The van der Waals surface area contributed by atoms with E-state index in [0.29, 0.717) is 19.1 Å². The van der Waals surface area contributed by atoms with Gasteiger partial charge in [0, 0.05) is 32.0 Å². The summed E-state index contributed by atoms with van der Waals surface area (Å²) in [5.74, 6) is 2.27. The van der Waals surface area contributed by atoms with Crippen molar-refractivity contribution in [2.24, 2.45) is 0 Å². The first-order valence-electron chi connectivity index (χ1n) is 10.3. The largest absolute Gasteiger partial charge is 0.494 e. The standard InChI is InChI=1S/C22H29N3O2/c1-2-27-18-10-6-7-16(13-18)14-25-12-11-20-19(15-25)22(26)24-21(23-20)17-8-4-3-5-9-17/h6-7,10,13,17H,2-5,8-9,11-12,14-15H2,1H3,(H,23,24,26). The molecular formula is C22H29N3O2. The lowest BCUT2D eigenvalue weighted by Gasteiger charge is -2.29. The molecule has 1 aliphatic carbocycles. The highest BCUT2D eigenvalue weighted by atomic mass is 16.5. The lowest BCUT2D eigenvalue weighted by molar-refractivity contribution is 0.240. The number of hydrogen-bond donors (Lipinski definition) is 1. The lowest BCUT2D eigenvalue weighted by atomic mass is 9.88. The maximum absolute atomic E-state index is 12.7. The van der Waals surface area contributed by atoms with E-state index in [1.54, 1.807) is 0 Å². The van der Waals surface area contributed by atoms with Crippen LogP contribution in [-0.2, 0) is 19.5 Å². The molecule has 5 heteroatoms. The average molecular weight is 367 g/mol. The van der Waals surface area contributed by atoms with E-state index in [-0.39, 0.29) is 5.56 Å². The predicted octanol–water partition coefficient (Wildman–Crippen LogP) is 3.77. The number of aromatic nitrogens is 2. The summed E-state index contributed by atoms with van der Waals surface area (Å²) in [6.07, 6.45) is 6.98. The van der Waals surface area contributed by atoms with Gasteiger partial charge in [-0.3, -0.25) is 9.69 Å². The van der Waals surface area contributed by atoms with Crippen molar-refractivity contribution in [3.05, 3.63) is 57.3 Å². The number of aromatic amines is 1. The first kappa shape index (κ1) is 18.2. The fourth-order valence-electron chi connectivity index (χ4n) is 4.36. The average Bonchev–Trinajstić information content (AvgIpc) is 2.69. The third-order valence-corrected chi connectivity index (χ3v) is 5.77. The van der Waals surface area contributed by atoms with E-state index < -0.39 is 0 Å². The van der Waals surface area contributed by atoms with Crippen molar-refractivity contribution in [2.75, 3.05) is 13.2 Å². The molecule has 2 heterocycles. The van der Waals surface area contributed by atoms with Gasteiger partial charge in [0.15, 0.2) is 0 Å². The van der Waals surface area contributed by atoms with Crippen molar-refractivity contribution in [1.82, 2.24) is 14.9 Å². The zero-order chi connectivity index (χ0) is 18.6. The van der Waals surface area contributed by atoms with Crippen molar-refractivity contribution in [1.29, 1.82) is 0 Å². The summed E-state index contributed by atoms with van der Waals surface area (Å²) in [6.45, 7) is 5.10. The van der Waals surface area contributed by atoms with E-state index in [1.165, 1.54) is 24.8 Å². The Labute approximate surface area is 160 Å². The van der Waals surface area contributed by atoms with Crippen molar-refractivity contribution >= 4 is 0 Å². The van der Waals surface area contributed by atoms with Crippen LogP contribution < -0.4 is 10.3 Å². The van der Waals surface area contributed by atoms with Crippen LogP contribution in [0.3, 0.4) is 0 Å². The van der Waals surface area contributed by atoms with Crippen LogP contribution in [0.2, 0.25) is 0 Å². The third-order valence-electron chi connectivity index (χ3n) is 5.77. The number of hydrogen-bond acceptors (Lipinski definition) is 4. The number of ether oxygens (including phenoxy) is 1. The minimum absolute atomic E-state index is 0.0633. The second kappa shape index (κ2) is 8.26. The minimum Gasteiger partial charge on any atom is -0.494 e. The number of H-pyrrole nitrogens is 1. The van der Waals surface area contributed by atoms with Crippen LogP contribution in [0.25, 0.3) is 0 Å². The van der Waals surface area contributed by atoms with Gasteiger partial charge in [-0.25, -0.2) is 4.98 Å². The van der Waals surface area contributed by atoms with Gasteiger partial charge >= 0.3 is 0 Å². The van der Waals surface area contributed by atoms with Gasteiger partial charge in [-0.05, 0) is 37.5 Å². The Bertz CT molecular complexity index is 840. The third kappa shape index (κ3) is 4.24. The molecule has 27 heavy (non-hydrogen) atoms. The second-order valence-corrected chi connectivity index (χ2v) is 7.75. The Balaban J connectivity index is 1.48. The minimum atomic E-state index is 0.0633. The predicted molar refractivity (Wildman–Crippen MR) is 106 cm³/mol. The van der Waals surface area contributed by atoms with Gasteiger partial charge in [-0.15, -0.1) is 0 Å². The summed E-state index contributed by atoms with van der Waals surface area (Å²) in [4.78, 5) is 23.0. The van der Waals surface area contributed by atoms with E-state index in [1.807, 2.05) is 19.1 Å². The van der Waals surface area contributed by atoms with Gasteiger partial charge in [0.2, 0.25) is 0 Å². The monoisotopic (exact) mass is 367 g/mol. The molecule has 0 amide bonds. The molecular weight excluding hydrogens is 338 g/mol. The molecule has 1 aliphatic heterocycles. The maximum Gasteiger partial charge on any atom is 0.255 e. The van der Waals surface area contributed by atoms with E-state index in [0.717, 1.165) is 55.2 Å². The van der Waals surface area contributed by atoms with E-state index in [9.17, 15) is 4.79 Å². The normalized spacial score (nSPS) is 18.3. The molecule has 0 saturated heterocycles. The highest BCUT2D eigenvalue weighted by Crippen LogP contribution is 2.31. The first-order chi connectivity index (χ1) is 13.2. The van der Waals surface area contributed by atoms with Gasteiger partial charge in [0.1, 0.15) is 11.6 Å². The summed E-state index contributed by atoms with van der Waals surface area (Å²) in [7, 11) is 0. The first-order valence-corrected chi connectivity index (χ1v) is 10.3. The van der Waals surface area contributed by atoms with Crippen LogP contribution in [0.5, 0.6) is 5.75 Å². The highest BCUT2D eigenvalue weighted by molar-refractivity contribution is 5.29. The van der Waals surface area contributed by atoms with E-state index in [4.69, 9.17) is 9.72 Å². The Morgan fingerprint density at radius 2 is 2.11 bits per heavy atom. The number of nitrogens with one attached hydrogen (secondary N) is 1. The van der Waals surface area contributed by atoms with Crippen LogP contribution in [0.4, 0.5) is 0 Å². The summed E-state index contributed by atoms with van der Waals surface area (Å²) < 4.78 is 5.60. The Morgan fingerprint density at radius 3 is 2.93 bits per heavy atom. The van der Waals surface area contributed by atoms with Crippen LogP contribution in [0, 0.1) is 0 Å². The molecule has 5 nitrogen and oxygen atoms in total. The lowest BCUT2D eigenvalue weighted by Crippen LogP contribution is -2.36. The molecule has 1 saturated carbocycles. The van der Waals surface area contributed by atoms with Crippen LogP contribution in [0.15, 0.2) is 29.1 Å². The summed E-state index contributed by atoms with van der Waals surface area (Å²) in [6, 6.07) is 8.23. The van der Waals surface area contributed by atoms with E-state index in [2.05, 4.69) is 22.0 Å². The van der Waals surface area contributed by atoms with Crippen LogP contribution in [-0.4, -0.2) is 28.0 Å². The molecule has 4 rings (SSSR count). The van der Waals surface area contributed by atoms with Crippen LogP contribution >= 0.6 is 0 Å². The Morgan fingerprint density at radius 1 is 1.26 bits per heavy atom. The SMILES string of the molecule is CCOc1cccc(CN2CCc3nc(C4CCCCC4)[nH]c(=O)c3C2)c1. The zero-order valence-corrected chi connectivity index (χ0v) is 16.2. The molecule has 144 valence electrons. The quantitative estimate of drug-likeness (QED) is 0.874. The topological polar surface area (TPSA) is 58.2 Å². The van der Waals surface area contributed by atoms with Gasteiger partial charge in [-0.1, -0.05) is 31.4 Å². The molecule has 1 aromatic carbocycles. The fraction of sp³-hybridized carbons (Fsp3) is 0.545. The number of rotatable bonds is 5. The molecule has 0 bridgehead atoms. The molecule has 0 unspecified atom stereocenters. The number of benzene rings is 1. The molecule has 2 aliphatic rings. The molecule has 1 aromatic heterocycles. The van der Waals surface area contributed by atoms with Crippen molar-refractivity contribution in [3.8, 4) is 5.75 Å². The van der Waals surface area contributed by atoms with E-state index >= 15 is 0 Å². The van der Waals surface area contributed by atoms with Gasteiger partial charge in [-0.2, -0.15) is 0 Å². The summed E-state index contributed by atoms with van der Waals surface area (Å²) in [5.41, 5.74) is 3.14. The zero-order valence-electron chi connectivity index (χ0n) is 16.2. The molecule has 0 radical (unpaired) electrons. The second-order valence-electron chi connectivity index (χ2n) is 7.75. The van der Waals surface area contributed by atoms with Crippen molar-refractivity contribution in [2.45, 2.75) is 64.5 Å². The fourth-order valence-corrected chi connectivity index (χ4v) is 4.36. The summed E-state index contributed by atoms with van der Waals surface area (Å²) >= 11 is 0. The summed E-state index contributed by atoms with van der Waals surface area (Å²) in [5, 5.41) is 0. The Hall–Kier alpha value is -2.14. The molecule has 1 N–H and O–H groups in total.